The zero-order valence-electron chi connectivity index (χ0n) is 10.7. The number of carbonyl (C=O) groups is 1. The molecule has 0 heterocycles. The molecule has 0 saturated carbocycles. The highest BCUT2D eigenvalue weighted by Crippen LogP contribution is 2.11. The van der Waals surface area contributed by atoms with E-state index in [2.05, 4.69) is 10.5 Å². The number of hydrogen-bond acceptors (Lipinski definition) is 2. The Morgan fingerprint density at radius 1 is 1.05 bits per heavy atom. The maximum absolute atomic E-state index is 11.5. The van der Waals surface area contributed by atoms with Crippen LogP contribution in [0, 0.1) is 0 Å². The molecule has 0 fully saturated rings. The Labute approximate surface area is 122 Å². The van der Waals surface area contributed by atoms with Crippen molar-refractivity contribution in [2.75, 3.05) is 0 Å². The predicted octanol–water partition coefficient (Wildman–Crippen LogP) is 3.50. The van der Waals surface area contributed by atoms with Gasteiger partial charge in [0.2, 0.25) is 0 Å². The highest BCUT2D eigenvalue weighted by Gasteiger charge is 1.95. The number of nitrogens with zero attached hydrogens (tertiary/aromatic N) is 1. The van der Waals surface area contributed by atoms with Crippen LogP contribution >= 0.6 is 11.6 Å². The summed E-state index contributed by atoms with van der Waals surface area (Å²) in [4.78, 5) is 11.5. The minimum Gasteiger partial charge on any atom is -0.268 e. The van der Waals surface area contributed by atoms with Gasteiger partial charge < -0.3 is 0 Å². The molecule has 1 amide bonds. The van der Waals surface area contributed by atoms with Gasteiger partial charge >= 0.3 is 0 Å². The van der Waals surface area contributed by atoms with Crippen molar-refractivity contribution in [1.29, 1.82) is 0 Å². The molecule has 4 heteroatoms. The van der Waals surface area contributed by atoms with Crippen molar-refractivity contribution in [3.8, 4) is 0 Å². The number of hydrazone groups is 1. The van der Waals surface area contributed by atoms with Gasteiger partial charge in [-0.2, -0.15) is 5.10 Å². The van der Waals surface area contributed by atoms with E-state index in [1.165, 1.54) is 12.3 Å². The summed E-state index contributed by atoms with van der Waals surface area (Å²) in [5.41, 5.74) is 4.12. The quantitative estimate of drug-likeness (QED) is 0.521. The van der Waals surface area contributed by atoms with Crippen LogP contribution in [0.5, 0.6) is 0 Å². The van der Waals surface area contributed by atoms with Crippen LogP contribution in [0.25, 0.3) is 6.08 Å². The van der Waals surface area contributed by atoms with E-state index in [1.807, 2.05) is 48.5 Å². The number of carbonyl (C=O) groups excluding carboxylic acids is 1. The molecule has 2 aromatic carbocycles. The standard InChI is InChI=1S/C16H13ClN2O/c17-15-9-5-4-8-14(15)12-18-19-16(20)11-10-13-6-2-1-3-7-13/h1-12H,(H,19,20)/b11-10-,18-12+. The van der Waals surface area contributed by atoms with E-state index >= 15 is 0 Å². The van der Waals surface area contributed by atoms with Crippen LogP contribution in [0.3, 0.4) is 0 Å². The summed E-state index contributed by atoms with van der Waals surface area (Å²) in [7, 11) is 0. The van der Waals surface area contributed by atoms with Crippen LogP contribution in [-0.2, 0) is 4.79 Å². The average molecular weight is 285 g/mol. The lowest BCUT2D eigenvalue weighted by Gasteiger charge is -1.96. The second-order valence-corrected chi connectivity index (χ2v) is 4.41. The monoisotopic (exact) mass is 284 g/mol. The van der Waals surface area contributed by atoms with Crippen molar-refractivity contribution < 1.29 is 4.79 Å². The predicted molar refractivity (Wildman–Crippen MR) is 82.7 cm³/mol. The molecule has 20 heavy (non-hydrogen) atoms. The molecule has 0 atom stereocenters. The second-order valence-electron chi connectivity index (χ2n) is 4.00. The van der Waals surface area contributed by atoms with Crippen LogP contribution in [-0.4, -0.2) is 12.1 Å². The first-order chi connectivity index (χ1) is 9.75. The number of halogens is 1. The highest BCUT2D eigenvalue weighted by molar-refractivity contribution is 6.33. The normalized spacial score (nSPS) is 11.1. The second kappa shape index (κ2) is 7.26. The summed E-state index contributed by atoms with van der Waals surface area (Å²) < 4.78 is 0. The van der Waals surface area contributed by atoms with Crippen molar-refractivity contribution in [2.24, 2.45) is 5.10 Å². The Kier molecular flexibility index (Phi) is 5.09. The van der Waals surface area contributed by atoms with Gasteiger partial charge in [0.1, 0.15) is 0 Å². The summed E-state index contributed by atoms with van der Waals surface area (Å²) >= 11 is 5.96. The van der Waals surface area contributed by atoms with Gasteiger partial charge in [0.25, 0.3) is 5.91 Å². The fourth-order valence-electron chi connectivity index (χ4n) is 1.52. The summed E-state index contributed by atoms with van der Waals surface area (Å²) in [6, 6.07) is 16.8. The number of hydrogen-bond donors (Lipinski definition) is 1. The number of amides is 1. The van der Waals surface area contributed by atoms with E-state index in [0.717, 1.165) is 11.1 Å². The first-order valence-electron chi connectivity index (χ1n) is 6.06. The van der Waals surface area contributed by atoms with E-state index in [1.54, 1.807) is 12.1 Å². The van der Waals surface area contributed by atoms with Crippen molar-refractivity contribution in [2.45, 2.75) is 0 Å². The average Bonchev–Trinajstić information content (AvgIpc) is 2.48. The minimum atomic E-state index is -0.294. The first-order valence-corrected chi connectivity index (χ1v) is 6.44. The highest BCUT2D eigenvalue weighted by atomic mass is 35.5. The van der Waals surface area contributed by atoms with Crippen molar-refractivity contribution in [3.05, 3.63) is 76.8 Å². The van der Waals surface area contributed by atoms with Crippen molar-refractivity contribution in [3.63, 3.8) is 0 Å². The number of benzene rings is 2. The summed E-state index contributed by atoms with van der Waals surface area (Å²) in [6.45, 7) is 0. The molecule has 1 N–H and O–H groups in total. The van der Waals surface area contributed by atoms with Gasteiger partial charge in [0.05, 0.1) is 6.21 Å². The van der Waals surface area contributed by atoms with E-state index in [9.17, 15) is 4.79 Å². The molecule has 0 bridgehead atoms. The minimum absolute atomic E-state index is 0.294. The van der Waals surface area contributed by atoms with E-state index < -0.39 is 0 Å². The molecule has 0 saturated heterocycles. The van der Waals surface area contributed by atoms with Crippen LogP contribution in [0.2, 0.25) is 5.02 Å². The van der Waals surface area contributed by atoms with Crippen LogP contribution in [0.15, 0.2) is 65.8 Å². The fraction of sp³-hybridized carbons (Fsp3) is 0. The van der Waals surface area contributed by atoms with Crippen LogP contribution in [0.4, 0.5) is 0 Å². The Bertz CT molecular complexity index is 636. The summed E-state index contributed by atoms with van der Waals surface area (Å²) in [5, 5.41) is 4.44. The Morgan fingerprint density at radius 3 is 2.50 bits per heavy atom. The Hall–Kier alpha value is -2.39. The summed E-state index contributed by atoms with van der Waals surface area (Å²) in [5.74, 6) is -0.294. The molecule has 0 aliphatic heterocycles. The Morgan fingerprint density at radius 2 is 1.75 bits per heavy atom. The molecule has 0 unspecified atom stereocenters. The zero-order valence-corrected chi connectivity index (χ0v) is 11.4. The SMILES string of the molecule is O=C(/C=C\c1ccccc1)N/N=C/c1ccccc1Cl. The maximum atomic E-state index is 11.5. The molecule has 2 rings (SSSR count). The third-order valence-electron chi connectivity index (χ3n) is 2.51. The van der Waals surface area contributed by atoms with Gasteiger partial charge in [-0.05, 0) is 17.7 Å². The van der Waals surface area contributed by atoms with Gasteiger partial charge in [-0.25, -0.2) is 5.43 Å². The molecular formula is C16H13ClN2O. The van der Waals surface area contributed by atoms with Gasteiger partial charge in [-0.3, -0.25) is 4.79 Å². The lowest BCUT2D eigenvalue weighted by Crippen LogP contribution is -2.14. The third-order valence-corrected chi connectivity index (χ3v) is 2.85. The Balaban J connectivity index is 1.90. The van der Waals surface area contributed by atoms with E-state index in [0.29, 0.717) is 5.02 Å². The molecular weight excluding hydrogens is 272 g/mol. The largest absolute Gasteiger partial charge is 0.268 e. The number of nitrogens with one attached hydrogen (secondary N) is 1. The fourth-order valence-corrected chi connectivity index (χ4v) is 1.70. The third kappa shape index (κ3) is 4.37. The van der Waals surface area contributed by atoms with Gasteiger partial charge in [-0.15, -0.1) is 0 Å². The molecule has 0 aliphatic rings. The first kappa shape index (κ1) is 14.0. The molecule has 3 nitrogen and oxygen atoms in total. The van der Waals surface area contributed by atoms with Crippen molar-refractivity contribution >= 4 is 29.8 Å². The molecule has 0 spiro atoms. The zero-order chi connectivity index (χ0) is 14.2. The number of rotatable bonds is 4. The van der Waals surface area contributed by atoms with Crippen LogP contribution < -0.4 is 5.43 Å². The van der Waals surface area contributed by atoms with E-state index in [4.69, 9.17) is 11.6 Å². The molecule has 0 aromatic heterocycles. The van der Waals surface area contributed by atoms with Crippen molar-refractivity contribution in [1.82, 2.24) is 5.43 Å². The van der Waals surface area contributed by atoms with Gasteiger partial charge in [0, 0.05) is 16.7 Å². The lowest BCUT2D eigenvalue weighted by atomic mass is 10.2. The molecule has 0 radical (unpaired) electrons. The molecule has 0 aliphatic carbocycles. The van der Waals surface area contributed by atoms with Gasteiger partial charge in [0.15, 0.2) is 0 Å². The van der Waals surface area contributed by atoms with E-state index in [-0.39, 0.29) is 5.91 Å². The van der Waals surface area contributed by atoms with Gasteiger partial charge in [-0.1, -0.05) is 60.1 Å². The lowest BCUT2D eigenvalue weighted by molar-refractivity contribution is -0.116. The van der Waals surface area contributed by atoms with Crippen LogP contribution in [0.1, 0.15) is 11.1 Å². The maximum Gasteiger partial charge on any atom is 0.264 e. The molecule has 100 valence electrons. The smallest absolute Gasteiger partial charge is 0.264 e. The summed E-state index contributed by atoms with van der Waals surface area (Å²) in [6.07, 6.45) is 4.66. The molecule has 2 aromatic rings. The topological polar surface area (TPSA) is 41.5 Å².